The lowest BCUT2D eigenvalue weighted by molar-refractivity contribution is 0.0755. The van der Waals surface area contributed by atoms with Crippen molar-refractivity contribution in [1.82, 2.24) is 10.2 Å². The summed E-state index contributed by atoms with van der Waals surface area (Å²) in [6, 6.07) is 0.708. The molecule has 2 unspecified atom stereocenters. The van der Waals surface area contributed by atoms with Crippen LogP contribution in [0.15, 0.2) is 0 Å². The normalized spacial score (nSPS) is 26.8. The van der Waals surface area contributed by atoms with E-state index in [9.17, 15) is 8.78 Å². The topological polar surface area (TPSA) is 15.3 Å². The van der Waals surface area contributed by atoms with Gasteiger partial charge in [-0.25, -0.2) is 8.78 Å². The van der Waals surface area contributed by atoms with Crippen LogP contribution < -0.4 is 5.32 Å². The number of nitrogens with one attached hydrogen (secondary N) is 1. The highest BCUT2D eigenvalue weighted by atomic mass is 19.3. The number of hydrogen-bond donors (Lipinski definition) is 1. The van der Waals surface area contributed by atoms with E-state index in [0.717, 1.165) is 32.2 Å². The van der Waals surface area contributed by atoms with Crippen LogP contribution in [0.4, 0.5) is 8.78 Å². The standard InChI is InChI=1S/C11H22F2N2/c1-3-7-14-9-5-4-6-10(9)15(2)8-11(12)13/h9-11,14H,3-8H2,1-2H3. The smallest absolute Gasteiger partial charge is 0.251 e. The number of halogens is 2. The van der Waals surface area contributed by atoms with E-state index < -0.39 is 6.43 Å². The third-order valence-electron chi connectivity index (χ3n) is 3.13. The molecular weight excluding hydrogens is 198 g/mol. The molecule has 0 spiro atoms. The zero-order valence-corrected chi connectivity index (χ0v) is 9.68. The summed E-state index contributed by atoms with van der Waals surface area (Å²) in [6.07, 6.45) is 2.20. The fourth-order valence-electron chi connectivity index (χ4n) is 2.39. The van der Waals surface area contributed by atoms with Gasteiger partial charge >= 0.3 is 0 Å². The summed E-state index contributed by atoms with van der Waals surface area (Å²) >= 11 is 0. The van der Waals surface area contributed by atoms with Crippen molar-refractivity contribution < 1.29 is 8.78 Å². The van der Waals surface area contributed by atoms with Gasteiger partial charge in [0.2, 0.25) is 0 Å². The summed E-state index contributed by atoms with van der Waals surface area (Å²) in [5, 5.41) is 3.45. The number of nitrogens with zero attached hydrogens (tertiary/aromatic N) is 1. The van der Waals surface area contributed by atoms with Crippen molar-refractivity contribution >= 4 is 0 Å². The second-order valence-corrected chi connectivity index (χ2v) is 4.39. The quantitative estimate of drug-likeness (QED) is 0.737. The first kappa shape index (κ1) is 12.8. The lowest BCUT2D eigenvalue weighted by Gasteiger charge is -2.29. The van der Waals surface area contributed by atoms with Crippen molar-refractivity contribution in [3.8, 4) is 0 Å². The van der Waals surface area contributed by atoms with Crippen molar-refractivity contribution in [1.29, 1.82) is 0 Å². The Kier molecular flexibility index (Phi) is 5.47. The molecule has 1 saturated carbocycles. The molecule has 0 aromatic carbocycles. The van der Waals surface area contributed by atoms with E-state index in [0.29, 0.717) is 12.1 Å². The Labute approximate surface area is 91.0 Å². The van der Waals surface area contributed by atoms with Gasteiger partial charge in [-0.2, -0.15) is 0 Å². The second-order valence-electron chi connectivity index (χ2n) is 4.39. The van der Waals surface area contributed by atoms with Gasteiger partial charge in [-0.15, -0.1) is 0 Å². The Balaban J connectivity index is 2.37. The van der Waals surface area contributed by atoms with E-state index in [4.69, 9.17) is 0 Å². The molecule has 90 valence electrons. The fourth-order valence-corrected chi connectivity index (χ4v) is 2.39. The minimum Gasteiger partial charge on any atom is -0.312 e. The van der Waals surface area contributed by atoms with E-state index in [1.807, 2.05) is 11.9 Å². The molecule has 1 aliphatic carbocycles. The Morgan fingerprint density at radius 1 is 1.40 bits per heavy atom. The molecule has 2 atom stereocenters. The Morgan fingerprint density at radius 2 is 2.13 bits per heavy atom. The highest BCUT2D eigenvalue weighted by Crippen LogP contribution is 2.23. The predicted molar refractivity (Wildman–Crippen MR) is 58.4 cm³/mol. The summed E-state index contributed by atoms with van der Waals surface area (Å²) < 4.78 is 24.5. The first-order valence-electron chi connectivity index (χ1n) is 5.87. The third-order valence-corrected chi connectivity index (χ3v) is 3.13. The number of hydrogen-bond acceptors (Lipinski definition) is 2. The maximum absolute atomic E-state index is 12.3. The molecule has 4 heteroatoms. The van der Waals surface area contributed by atoms with Gasteiger partial charge in [0.05, 0.1) is 6.54 Å². The zero-order chi connectivity index (χ0) is 11.3. The average molecular weight is 220 g/mol. The van der Waals surface area contributed by atoms with E-state index in [-0.39, 0.29) is 6.54 Å². The molecule has 1 fully saturated rings. The molecule has 0 aliphatic heterocycles. The summed E-state index contributed by atoms with van der Waals surface area (Å²) in [6.45, 7) is 3.01. The number of likely N-dealkylation sites (N-methyl/N-ethyl adjacent to an activating group) is 1. The molecule has 0 bridgehead atoms. The Hall–Kier alpha value is -0.220. The summed E-state index contributed by atoms with van der Waals surface area (Å²) in [4.78, 5) is 1.81. The molecule has 1 N–H and O–H groups in total. The third kappa shape index (κ3) is 4.03. The molecule has 1 rings (SSSR count). The van der Waals surface area contributed by atoms with Crippen LogP contribution in [0.5, 0.6) is 0 Å². The number of alkyl halides is 2. The van der Waals surface area contributed by atoms with Gasteiger partial charge in [0.25, 0.3) is 6.43 Å². The summed E-state index contributed by atoms with van der Waals surface area (Å²) in [7, 11) is 1.81. The van der Waals surface area contributed by atoms with Crippen LogP contribution in [-0.4, -0.2) is 43.5 Å². The van der Waals surface area contributed by atoms with Crippen LogP contribution in [0.3, 0.4) is 0 Å². The van der Waals surface area contributed by atoms with Crippen molar-refractivity contribution in [2.24, 2.45) is 0 Å². The van der Waals surface area contributed by atoms with Crippen LogP contribution in [-0.2, 0) is 0 Å². The minimum atomic E-state index is -2.22. The maximum atomic E-state index is 12.3. The van der Waals surface area contributed by atoms with Crippen LogP contribution in [0, 0.1) is 0 Å². The molecule has 1 aliphatic rings. The molecule has 0 aromatic heterocycles. The first-order chi connectivity index (χ1) is 7.15. The predicted octanol–water partition coefficient (Wildman–Crippen LogP) is 2.10. The van der Waals surface area contributed by atoms with Crippen LogP contribution >= 0.6 is 0 Å². The van der Waals surface area contributed by atoms with Crippen molar-refractivity contribution in [3.05, 3.63) is 0 Å². The highest BCUT2D eigenvalue weighted by Gasteiger charge is 2.30. The number of rotatable bonds is 6. The lowest BCUT2D eigenvalue weighted by atomic mass is 10.1. The molecule has 0 heterocycles. The van der Waals surface area contributed by atoms with E-state index in [2.05, 4.69) is 12.2 Å². The van der Waals surface area contributed by atoms with E-state index in [1.165, 1.54) is 0 Å². The van der Waals surface area contributed by atoms with Gasteiger partial charge in [0, 0.05) is 12.1 Å². The Morgan fingerprint density at radius 3 is 2.73 bits per heavy atom. The molecule has 2 nitrogen and oxygen atoms in total. The van der Waals surface area contributed by atoms with Gasteiger partial charge < -0.3 is 5.32 Å². The largest absolute Gasteiger partial charge is 0.312 e. The monoisotopic (exact) mass is 220 g/mol. The Bertz CT molecular complexity index is 176. The van der Waals surface area contributed by atoms with Gasteiger partial charge in [-0.3, -0.25) is 4.90 Å². The highest BCUT2D eigenvalue weighted by molar-refractivity contribution is 4.89. The van der Waals surface area contributed by atoms with Crippen molar-refractivity contribution in [3.63, 3.8) is 0 Å². The zero-order valence-electron chi connectivity index (χ0n) is 9.68. The molecular formula is C11H22F2N2. The maximum Gasteiger partial charge on any atom is 0.251 e. The van der Waals surface area contributed by atoms with Gasteiger partial charge in [0.15, 0.2) is 0 Å². The molecule has 0 saturated heterocycles. The van der Waals surface area contributed by atoms with Crippen molar-refractivity contribution in [2.75, 3.05) is 20.1 Å². The SMILES string of the molecule is CCCNC1CCCC1N(C)CC(F)F. The van der Waals surface area contributed by atoms with Crippen LogP contribution in [0.25, 0.3) is 0 Å². The lowest BCUT2D eigenvalue weighted by Crippen LogP contribution is -2.46. The first-order valence-corrected chi connectivity index (χ1v) is 5.87. The molecule has 0 radical (unpaired) electrons. The summed E-state index contributed by atoms with van der Waals surface area (Å²) in [5.41, 5.74) is 0. The molecule has 0 amide bonds. The fraction of sp³-hybridized carbons (Fsp3) is 1.00. The van der Waals surface area contributed by atoms with Crippen molar-refractivity contribution in [2.45, 2.75) is 51.1 Å². The molecule has 15 heavy (non-hydrogen) atoms. The van der Waals surface area contributed by atoms with E-state index in [1.54, 1.807) is 0 Å². The van der Waals surface area contributed by atoms with Crippen LogP contribution in [0.1, 0.15) is 32.6 Å². The average Bonchev–Trinajstić information content (AvgIpc) is 2.61. The molecule has 0 aromatic rings. The minimum absolute atomic E-state index is 0.102. The second kappa shape index (κ2) is 6.38. The van der Waals surface area contributed by atoms with Crippen LogP contribution in [0.2, 0.25) is 0 Å². The van der Waals surface area contributed by atoms with Gasteiger partial charge in [0.1, 0.15) is 0 Å². The van der Waals surface area contributed by atoms with Gasteiger partial charge in [-0.05, 0) is 32.9 Å². The van der Waals surface area contributed by atoms with E-state index >= 15 is 0 Å². The summed E-state index contributed by atoms with van der Waals surface area (Å²) in [5.74, 6) is 0. The van der Waals surface area contributed by atoms with Gasteiger partial charge in [-0.1, -0.05) is 13.3 Å².